The molecule has 5 heteroatoms. The van der Waals surface area contributed by atoms with Crippen molar-refractivity contribution in [2.75, 3.05) is 24.3 Å². The molecule has 0 bridgehead atoms. The number of carbonyl (C=O) groups excluding carboxylic acids is 1. The number of esters is 1. The third-order valence-electron chi connectivity index (χ3n) is 3.80. The molecule has 1 aliphatic rings. The Balaban J connectivity index is 1.97. The van der Waals surface area contributed by atoms with Crippen molar-refractivity contribution < 1.29 is 9.53 Å². The van der Waals surface area contributed by atoms with Crippen LogP contribution in [0.5, 0.6) is 0 Å². The Kier molecular flexibility index (Phi) is 3.48. The van der Waals surface area contributed by atoms with Gasteiger partial charge in [0.25, 0.3) is 0 Å². The van der Waals surface area contributed by atoms with E-state index in [9.17, 15) is 4.79 Å². The number of anilines is 2. The molecule has 5 nitrogen and oxygen atoms in total. The fraction of sp³-hybridized carbons (Fsp3) is 0.250. The zero-order valence-electron chi connectivity index (χ0n) is 11.9. The molecule has 0 saturated heterocycles. The second kappa shape index (κ2) is 5.44. The molecule has 0 fully saturated rings. The van der Waals surface area contributed by atoms with Gasteiger partial charge in [0.1, 0.15) is 11.4 Å². The molecule has 1 aromatic heterocycles. The van der Waals surface area contributed by atoms with Crippen molar-refractivity contribution >= 4 is 17.5 Å². The Labute approximate surface area is 123 Å². The molecule has 1 aliphatic heterocycles. The first kappa shape index (κ1) is 13.4. The molecule has 2 heterocycles. The molecular weight excluding hydrogens is 266 g/mol. The molecule has 2 aromatic rings. The molecule has 0 atom stereocenters. The van der Waals surface area contributed by atoms with Gasteiger partial charge in [0, 0.05) is 25.0 Å². The van der Waals surface area contributed by atoms with Gasteiger partial charge in [0.05, 0.1) is 7.11 Å². The Morgan fingerprint density at radius 3 is 3.00 bits per heavy atom. The van der Waals surface area contributed by atoms with Gasteiger partial charge in [0.15, 0.2) is 0 Å². The lowest BCUT2D eigenvalue weighted by molar-refractivity contribution is 0.0601. The molecule has 0 radical (unpaired) electrons. The highest BCUT2D eigenvalue weighted by molar-refractivity contribution is 5.94. The van der Waals surface area contributed by atoms with Gasteiger partial charge < -0.3 is 15.4 Å². The van der Waals surface area contributed by atoms with Gasteiger partial charge in [-0.25, -0.2) is 9.78 Å². The summed E-state index contributed by atoms with van der Waals surface area (Å²) in [6, 6.07) is 9.45. The molecule has 21 heavy (non-hydrogen) atoms. The number of hydrogen-bond donors (Lipinski definition) is 1. The van der Waals surface area contributed by atoms with E-state index in [4.69, 9.17) is 10.5 Å². The first-order valence-corrected chi connectivity index (χ1v) is 6.85. The first-order chi connectivity index (χ1) is 10.2. The van der Waals surface area contributed by atoms with Gasteiger partial charge in [-0.05, 0) is 35.7 Å². The third kappa shape index (κ3) is 2.42. The predicted octanol–water partition coefficient (Wildman–Crippen LogP) is 2.01. The van der Waals surface area contributed by atoms with Gasteiger partial charge in [-0.15, -0.1) is 0 Å². The summed E-state index contributed by atoms with van der Waals surface area (Å²) >= 11 is 0. The predicted molar refractivity (Wildman–Crippen MR) is 81.2 cm³/mol. The van der Waals surface area contributed by atoms with Crippen LogP contribution in [0, 0.1) is 0 Å². The normalized spacial score (nSPS) is 13.7. The molecule has 0 amide bonds. The van der Waals surface area contributed by atoms with Crippen LogP contribution in [-0.4, -0.2) is 24.6 Å². The summed E-state index contributed by atoms with van der Waals surface area (Å²) in [5.41, 5.74) is 9.72. The number of nitrogens with zero attached hydrogens (tertiary/aromatic N) is 2. The summed E-state index contributed by atoms with van der Waals surface area (Å²) in [4.78, 5) is 18.3. The highest BCUT2D eigenvalue weighted by Gasteiger charge is 2.23. The molecule has 0 saturated carbocycles. The maximum absolute atomic E-state index is 11.9. The Morgan fingerprint density at radius 2 is 2.19 bits per heavy atom. The largest absolute Gasteiger partial charge is 0.465 e. The quantitative estimate of drug-likeness (QED) is 0.674. The molecule has 0 aliphatic carbocycles. The second-order valence-electron chi connectivity index (χ2n) is 5.02. The average molecular weight is 283 g/mol. The third-order valence-corrected chi connectivity index (χ3v) is 3.80. The topological polar surface area (TPSA) is 68.5 Å². The molecule has 108 valence electrons. The number of fused-ring (bicyclic) bond motifs is 1. The van der Waals surface area contributed by atoms with Crippen molar-refractivity contribution in [1.29, 1.82) is 0 Å². The van der Waals surface area contributed by atoms with Gasteiger partial charge in [0.2, 0.25) is 0 Å². The number of ether oxygens (including phenoxy) is 1. The lowest BCUT2D eigenvalue weighted by Crippen LogP contribution is -2.33. The SMILES string of the molecule is COC(=O)c1cccnc1N1CCc2cccc(N)c2C1. The van der Waals surface area contributed by atoms with E-state index in [-0.39, 0.29) is 5.97 Å². The van der Waals surface area contributed by atoms with E-state index in [0.29, 0.717) is 17.9 Å². The standard InChI is InChI=1S/C16H17N3O2/c1-21-16(20)12-5-3-8-18-15(12)19-9-7-11-4-2-6-14(17)13(11)10-19/h2-6,8H,7,9-10,17H2,1H3. The van der Waals surface area contributed by atoms with Crippen LogP contribution in [0.15, 0.2) is 36.5 Å². The van der Waals surface area contributed by atoms with Crippen LogP contribution < -0.4 is 10.6 Å². The van der Waals surface area contributed by atoms with Crippen LogP contribution in [0.1, 0.15) is 21.5 Å². The van der Waals surface area contributed by atoms with Crippen LogP contribution in [0.25, 0.3) is 0 Å². The van der Waals surface area contributed by atoms with E-state index in [2.05, 4.69) is 16.0 Å². The summed E-state index contributed by atoms with van der Waals surface area (Å²) in [5.74, 6) is 0.281. The number of rotatable bonds is 2. The molecule has 0 spiro atoms. The van der Waals surface area contributed by atoms with Crippen LogP contribution in [0.4, 0.5) is 11.5 Å². The van der Waals surface area contributed by atoms with E-state index < -0.39 is 0 Å². The number of carbonyl (C=O) groups is 1. The summed E-state index contributed by atoms with van der Waals surface area (Å²) < 4.78 is 4.83. The van der Waals surface area contributed by atoms with Crippen molar-refractivity contribution in [3.05, 3.63) is 53.2 Å². The average Bonchev–Trinajstić information content (AvgIpc) is 2.54. The van der Waals surface area contributed by atoms with Crippen molar-refractivity contribution in [2.24, 2.45) is 0 Å². The lowest BCUT2D eigenvalue weighted by Gasteiger charge is -2.31. The zero-order valence-corrected chi connectivity index (χ0v) is 11.9. The van der Waals surface area contributed by atoms with Crippen molar-refractivity contribution in [3.8, 4) is 0 Å². The van der Waals surface area contributed by atoms with Gasteiger partial charge in [-0.1, -0.05) is 12.1 Å². The number of benzene rings is 1. The van der Waals surface area contributed by atoms with E-state index in [1.54, 1.807) is 18.3 Å². The number of nitrogens with two attached hydrogens (primary N) is 1. The summed E-state index contributed by atoms with van der Waals surface area (Å²) in [5, 5.41) is 0. The van der Waals surface area contributed by atoms with E-state index in [1.165, 1.54) is 12.7 Å². The van der Waals surface area contributed by atoms with Gasteiger partial charge in [-0.2, -0.15) is 0 Å². The van der Waals surface area contributed by atoms with Crippen LogP contribution >= 0.6 is 0 Å². The van der Waals surface area contributed by atoms with E-state index >= 15 is 0 Å². The maximum Gasteiger partial charge on any atom is 0.341 e. The highest BCUT2D eigenvalue weighted by atomic mass is 16.5. The maximum atomic E-state index is 11.9. The van der Waals surface area contributed by atoms with Gasteiger partial charge >= 0.3 is 5.97 Å². The fourth-order valence-corrected chi connectivity index (χ4v) is 2.71. The smallest absolute Gasteiger partial charge is 0.341 e. The summed E-state index contributed by atoms with van der Waals surface area (Å²) in [6.07, 6.45) is 2.57. The molecule has 0 unspecified atom stereocenters. The number of methoxy groups -OCH3 is 1. The minimum Gasteiger partial charge on any atom is -0.465 e. The van der Waals surface area contributed by atoms with Crippen molar-refractivity contribution in [3.63, 3.8) is 0 Å². The minimum atomic E-state index is -0.370. The van der Waals surface area contributed by atoms with Crippen LogP contribution in [0.3, 0.4) is 0 Å². The zero-order chi connectivity index (χ0) is 14.8. The lowest BCUT2D eigenvalue weighted by atomic mass is 9.98. The Morgan fingerprint density at radius 1 is 1.33 bits per heavy atom. The first-order valence-electron chi connectivity index (χ1n) is 6.85. The number of pyridine rings is 1. The van der Waals surface area contributed by atoms with E-state index in [0.717, 1.165) is 24.2 Å². The second-order valence-corrected chi connectivity index (χ2v) is 5.02. The van der Waals surface area contributed by atoms with Crippen LogP contribution in [-0.2, 0) is 17.7 Å². The Hall–Kier alpha value is -2.56. The summed E-state index contributed by atoms with van der Waals surface area (Å²) in [7, 11) is 1.38. The van der Waals surface area contributed by atoms with Gasteiger partial charge in [-0.3, -0.25) is 0 Å². The Bertz CT molecular complexity index is 685. The molecule has 3 rings (SSSR count). The minimum absolute atomic E-state index is 0.370. The number of hydrogen-bond acceptors (Lipinski definition) is 5. The van der Waals surface area contributed by atoms with Crippen molar-refractivity contribution in [2.45, 2.75) is 13.0 Å². The molecule has 1 aromatic carbocycles. The van der Waals surface area contributed by atoms with Crippen molar-refractivity contribution in [1.82, 2.24) is 4.98 Å². The highest BCUT2D eigenvalue weighted by Crippen LogP contribution is 2.28. The van der Waals surface area contributed by atoms with E-state index in [1.807, 2.05) is 12.1 Å². The number of nitrogen functional groups attached to an aromatic ring is 1. The molecule has 2 N–H and O–H groups in total. The fourth-order valence-electron chi connectivity index (χ4n) is 2.71. The molecular formula is C16H17N3O2. The summed E-state index contributed by atoms with van der Waals surface area (Å²) in [6.45, 7) is 1.46. The number of aromatic nitrogens is 1. The monoisotopic (exact) mass is 283 g/mol. The van der Waals surface area contributed by atoms with Crippen LogP contribution in [0.2, 0.25) is 0 Å².